The zero-order chi connectivity index (χ0) is 13.5. The third-order valence-corrected chi connectivity index (χ3v) is 3.64. The van der Waals surface area contributed by atoms with Gasteiger partial charge in [-0.15, -0.1) is 11.8 Å². The van der Waals surface area contributed by atoms with Gasteiger partial charge in [0.2, 0.25) is 0 Å². The van der Waals surface area contributed by atoms with Crippen LogP contribution >= 0.6 is 11.8 Å². The first-order valence-electron chi connectivity index (χ1n) is 6.46. The maximum absolute atomic E-state index is 9.16. The van der Waals surface area contributed by atoms with Crippen molar-refractivity contribution in [3.63, 3.8) is 0 Å². The highest BCUT2D eigenvalue weighted by Gasteiger charge is 2.16. The number of rotatable bonds is 7. The van der Waals surface area contributed by atoms with Crippen molar-refractivity contribution in [3.05, 3.63) is 11.9 Å². The van der Waals surface area contributed by atoms with Crippen LogP contribution in [0, 0.1) is 0 Å². The summed E-state index contributed by atoms with van der Waals surface area (Å²) in [6, 6.07) is 0. The summed E-state index contributed by atoms with van der Waals surface area (Å²) in [5.74, 6) is 1.29. The summed E-state index contributed by atoms with van der Waals surface area (Å²) in [5, 5.41) is 13.6. The van der Waals surface area contributed by atoms with Gasteiger partial charge in [0.05, 0.1) is 6.61 Å². The normalized spacial score (nSPS) is 12.8. The third kappa shape index (κ3) is 4.14. The molecular weight excluding hydrogens is 246 g/mol. The van der Waals surface area contributed by atoms with E-state index in [4.69, 9.17) is 5.11 Å². The van der Waals surface area contributed by atoms with Crippen molar-refractivity contribution in [2.24, 2.45) is 0 Å². The molecule has 0 bridgehead atoms. The molecule has 18 heavy (non-hydrogen) atoms. The molecule has 2 N–H and O–H groups in total. The minimum atomic E-state index is 0.149. The average molecular weight is 269 g/mol. The summed E-state index contributed by atoms with van der Waals surface area (Å²) in [6.45, 7) is 9.48. The van der Waals surface area contributed by atoms with Gasteiger partial charge in [0, 0.05) is 17.4 Å². The second kappa shape index (κ2) is 7.59. The van der Waals surface area contributed by atoms with Crippen LogP contribution in [0.4, 0.5) is 5.82 Å². The number of nitrogens with zero attached hydrogens (tertiary/aromatic N) is 2. The summed E-state index contributed by atoms with van der Waals surface area (Å²) in [7, 11) is 0. The molecule has 0 spiro atoms. The molecule has 4 nitrogen and oxygen atoms in total. The zero-order valence-electron chi connectivity index (χ0n) is 11.6. The zero-order valence-corrected chi connectivity index (χ0v) is 12.4. The Morgan fingerprint density at radius 1 is 1.33 bits per heavy atom. The van der Waals surface area contributed by atoms with E-state index in [1.165, 1.54) is 0 Å². The number of hydrogen-bond donors (Lipinski definition) is 2. The van der Waals surface area contributed by atoms with E-state index in [9.17, 15) is 0 Å². The van der Waals surface area contributed by atoms with Crippen molar-refractivity contribution in [2.45, 2.75) is 50.3 Å². The fourth-order valence-corrected chi connectivity index (χ4v) is 2.63. The number of aromatic nitrogens is 2. The number of nitrogens with one attached hydrogen (secondary N) is 1. The van der Waals surface area contributed by atoms with Gasteiger partial charge in [-0.05, 0) is 12.3 Å². The van der Waals surface area contributed by atoms with Gasteiger partial charge >= 0.3 is 0 Å². The average Bonchev–Trinajstić information content (AvgIpc) is 2.35. The Morgan fingerprint density at radius 3 is 2.61 bits per heavy atom. The Morgan fingerprint density at radius 2 is 2.06 bits per heavy atom. The fourth-order valence-electron chi connectivity index (χ4n) is 1.61. The first-order valence-corrected chi connectivity index (χ1v) is 7.34. The van der Waals surface area contributed by atoms with E-state index in [0.717, 1.165) is 29.4 Å². The van der Waals surface area contributed by atoms with Gasteiger partial charge in [-0.3, -0.25) is 0 Å². The van der Waals surface area contributed by atoms with Gasteiger partial charge < -0.3 is 10.4 Å². The van der Waals surface area contributed by atoms with Crippen molar-refractivity contribution in [2.75, 3.05) is 18.5 Å². The number of thioether (sulfide) groups is 1. The highest BCUT2D eigenvalue weighted by Crippen LogP contribution is 2.33. The Hall–Kier alpha value is -0.810. The van der Waals surface area contributed by atoms with E-state index in [0.29, 0.717) is 5.92 Å². The van der Waals surface area contributed by atoms with Crippen LogP contribution in [0.5, 0.6) is 0 Å². The summed E-state index contributed by atoms with van der Waals surface area (Å²) in [5.41, 5.74) is 1.15. The van der Waals surface area contributed by atoms with E-state index in [2.05, 4.69) is 36.1 Å². The highest BCUT2D eigenvalue weighted by molar-refractivity contribution is 7.99. The van der Waals surface area contributed by atoms with Gasteiger partial charge in [0.1, 0.15) is 17.2 Å². The van der Waals surface area contributed by atoms with Crippen LogP contribution in [0.2, 0.25) is 0 Å². The number of aliphatic hydroxyl groups excluding tert-OH is 1. The molecule has 1 heterocycles. The molecule has 1 rings (SSSR count). The molecule has 1 atom stereocenters. The molecular formula is C13H23N3OS. The van der Waals surface area contributed by atoms with Gasteiger partial charge in [-0.1, -0.05) is 27.7 Å². The van der Waals surface area contributed by atoms with Crippen LogP contribution in [-0.2, 0) is 0 Å². The maximum Gasteiger partial charge on any atom is 0.133 e. The molecule has 0 radical (unpaired) electrons. The minimum Gasteiger partial charge on any atom is -0.395 e. The summed E-state index contributed by atoms with van der Waals surface area (Å²) in [6.07, 6.45) is 2.66. The molecule has 1 unspecified atom stereocenters. The molecule has 0 amide bonds. The Kier molecular flexibility index (Phi) is 6.43. The monoisotopic (exact) mass is 269 g/mol. The molecule has 102 valence electrons. The second-order valence-corrected chi connectivity index (χ2v) is 6.06. The molecule has 0 saturated carbocycles. The van der Waals surface area contributed by atoms with Crippen LogP contribution in [0.1, 0.15) is 45.6 Å². The lowest BCUT2D eigenvalue weighted by atomic mass is 10.1. The molecule has 0 aliphatic heterocycles. The predicted octanol–water partition coefficient (Wildman–Crippen LogP) is 2.89. The molecule has 0 fully saturated rings. The van der Waals surface area contributed by atoms with Crippen LogP contribution in [0.25, 0.3) is 0 Å². The van der Waals surface area contributed by atoms with Gasteiger partial charge in [0.15, 0.2) is 0 Å². The first-order chi connectivity index (χ1) is 8.60. The van der Waals surface area contributed by atoms with Gasteiger partial charge in [0.25, 0.3) is 0 Å². The molecule has 0 saturated heterocycles. The first kappa shape index (κ1) is 15.2. The lowest BCUT2D eigenvalue weighted by molar-refractivity contribution is 0.300. The SMILES string of the molecule is CCCNc1ncnc(SC(C)CO)c1C(C)C. The third-order valence-electron chi connectivity index (χ3n) is 2.54. The number of aliphatic hydroxyl groups is 1. The van der Waals surface area contributed by atoms with Crippen molar-refractivity contribution < 1.29 is 5.11 Å². The van der Waals surface area contributed by atoms with Crippen molar-refractivity contribution in [1.29, 1.82) is 0 Å². The largest absolute Gasteiger partial charge is 0.395 e. The summed E-state index contributed by atoms with van der Waals surface area (Å²) < 4.78 is 0. The van der Waals surface area contributed by atoms with Crippen molar-refractivity contribution in [1.82, 2.24) is 9.97 Å². The summed E-state index contributed by atoms with van der Waals surface area (Å²) >= 11 is 1.61. The molecule has 5 heteroatoms. The molecule has 0 aliphatic carbocycles. The van der Waals surface area contributed by atoms with Gasteiger partial charge in [-0.2, -0.15) is 0 Å². The molecule has 0 aromatic carbocycles. The number of anilines is 1. The van der Waals surface area contributed by atoms with Crippen LogP contribution in [0.15, 0.2) is 11.4 Å². The Labute approximate surface area is 114 Å². The van der Waals surface area contributed by atoms with E-state index < -0.39 is 0 Å². The van der Waals surface area contributed by atoms with Gasteiger partial charge in [-0.25, -0.2) is 9.97 Å². The topological polar surface area (TPSA) is 58.0 Å². The quantitative estimate of drug-likeness (QED) is 0.589. The Balaban J connectivity index is 3.01. The maximum atomic E-state index is 9.16. The van der Waals surface area contributed by atoms with Crippen LogP contribution < -0.4 is 5.32 Å². The summed E-state index contributed by atoms with van der Waals surface area (Å²) in [4.78, 5) is 8.69. The fraction of sp³-hybridized carbons (Fsp3) is 0.692. The number of hydrogen-bond acceptors (Lipinski definition) is 5. The molecule has 1 aromatic heterocycles. The van der Waals surface area contributed by atoms with Crippen molar-refractivity contribution in [3.8, 4) is 0 Å². The lowest BCUT2D eigenvalue weighted by Gasteiger charge is -2.17. The van der Waals surface area contributed by atoms with E-state index in [-0.39, 0.29) is 11.9 Å². The highest BCUT2D eigenvalue weighted by atomic mass is 32.2. The smallest absolute Gasteiger partial charge is 0.133 e. The van der Waals surface area contributed by atoms with E-state index in [1.807, 2.05) is 6.92 Å². The standard InChI is InChI=1S/C13H23N3OS/c1-5-6-14-12-11(9(2)3)13(16-8-15-12)18-10(4)7-17/h8-10,17H,5-7H2,1-4H3,(H,14,15,16). The second-order valence-electron chi connectivity index (χ2n) is 4.63. The molecule has 0 aliphatic rings. The van der Waals surface area contributed by atoms with Crippen molar-refractivity contribution >= 4 is 17.6 Å². The Bertz CT molecular complexity index is 371. The predicted molar refractivity (Wildman–Crippen MR) is 77.3 cm³/mol. The lowest BCUT2D eigenvalue weighted by Crippen LogP contribution is -2.10. The van der Waals surface area contributed by atoms with E-state index in [1.54, 1.807) is 18.1 Å². The van der Waals surface area contributed by atoms with Crippen LogP contribution in [0.3, 0.4) is 0 Å². The molecule has 1 aromatic rings. The van der Waals surface area contributed by atoms with Crippen LogP contribution in [-0.4, -0.2) is 33.5 Å². The van der Waals surface area contributed by atoms with E-state index >= 15 is 0 Å². The minimum absolute atomic E-state index is 0.149.